The molecule has 2 atom stereocenters. The number of β-amino-alcohol motifs (C(OH)–C–C–N with tert-alkyl or cyclic N) is 2. The first-order valence-corrected chi connectivity index (χ1v) is 5.96. The van der Waals surface area contributed by atoms with Gasteiger partial charge in [0.2, 0.25) is 0 Å². The summed E-state index contributed by atoms with van der Waals surface area (Å²) in [5.74, 6) is 0.286. The van der Waals surface area contributed by atoms with Crippen molar-refractivity contribution in [3.05, 3.63) is 29.3 Å². The molecule has 1 saturated heterocycles. The SMILES string of the molecule is O=C(COc1ccc(Cl)cc1)N1C[C@@H](O)[C@@H](O)C1. The highest BCUT2D eigenvalue weighted by atomic mass is 35.5. The van der Waals surface area contributed by atoms with Gasteiger partial charge in [0.15, 0.2) is 6.61 Å². The van der Waals surface area contributed by atoms with E-state index in [9.17, 15) is 15.0 Å². The minimum atomic E-state index is -0.871. The van der Waals surface area contributed by atoms with Crippen LogP contribution in [-0.4, -0.2) is 52.9 Å². The van der Waals surface area contributed by atoms with Gasteiger partial charge in [-0.1, -0.05) is 11.6 Å². The molecule has 0 aliphatic carbocycles. The molecule has 1 aromatic carbocycles. The number of aliphatic hydroxyl groups excluding tert-OH is 2. The quantitative estimate of drug-likeness (QED) is 0.829. The molecule has 98 valence electrons. The van der Waals surface area contributed by atoms with Crippen molar-refractivity contribution in [1.29, 1.82) is 0 Å². The van der Waals surface area contributed by atoms with Crippen molar-refractivity contribution in [3.63, 3.8) is 0 Å². The molecule has 1 aliphatic heterocycles. The number of aliphatic hydroxyl groups is 2. The van der Waals surface area contributed by atoms with E-state index >= 15 is 0 Å². The zero-order valence-electron chi connectivity index (χ0n) is 9.62. The third-order valence-corrected chi connectivity index (χ3v) is 3.04. The predicted octanol–water partition coefficient (Wildman–Crippen LogP) is 0.283. The summed E-state index contributed by atoms with van der Waals surface area (Å²) in [6.07, 6.45) is -1.74. The Morgan fingerprint density at radius 3 is 2.39 bits per heavy atom. The average molecular weight is 272 g/mol. The molecule has 2 N–H and O–H groups in total. The molecule has 0 saturated carbocycles. The Balaban J connectivity index is 1.83. The van der Waals surface area contributed by atoms with Gasteiger partial charge in [0.05, 0.1) is 12.2 Å². The molecule has 2 rings (SSSR count). The summed E-state index contributed by atoms with van der Waals surface area (Å²) in [6, 6.07) is 6.68. The molecule has 0 bridgehead atoms. The molecule has 18 heavy (non-hydrogen) atoms. The Labute approximate surface area is 110 Å². The minimum Gasteiger partial charge on any atom is -0.484 e. The smallest absolute Gasteiger partial charge is 0.260 e. The van der Waals surface area contributed by atoms with Crippen LogP contribution < -0.4 is 4.74 Å². The molecular weight excluding hydrogens is 258 g/mol. The number of likely N-dealkylation sites (tertiary alicyclic amines) is 1. The van der Waals surface area contributed by atoms with Crippen molar-refractivity contribution < 1.29 is 19.7 Å². The number of amides is 1. The van der Waals surface area contributed by atoms with Crippen molar-refractivity contribution in [2.45, 2.75) is 12.2 Å². The van der Waals surface area contributed by atoms with Crippen LogP contribution in [0.2, 0.25) is 5.02 Å². The zero-order chi connectivity index (χ0) is 13.1. The normalized spacial score (nSPS) is 23.2. The summed E-state index contributed by atoms with van der Waals surface area (Å²) in [7, 11) is 0. The molecule has 1 amide bonds. The zero-order valence-corrected chi connectivity index (χ0v) is 10.4. The van der Waals surface area contributed by atoms with Gasteiger partial charge in [-0.2, -0.15) is 0 Å². The van der Waals surface area contributed by atoms with Gasteiger partial charge in [-0.3, -0.25) is 4.79 Å². The summed E-state index contributed by atoms with van der Waals surface area (Å²) in [5.41, 5.74) is 0. The fourth-order valence-corrected chi connectivity index (χ4v) is 1.87. The Kier molecular flexibility index (Phi) is 4.06. The van der Waals surface area contributed by atoms with Crippen molar-refractivity contribution in [3.8, 4) is 5.75 Å². The summed E-state index contributed by atoms with van der Waals surface area (Å²) in [4.78, 5) is 13.1. The van der Waals surface area contributed by atoms with Crippen LogP contribution in [0.1, 0.15) is 0 Å². The lowest BCUT2D eigenvalue weighted by Gasteiger charge is -2.15. The molecule has 6 heteroatoms. The number of rotatable bonds is 3. The van der Waals surface area contributed by atoms with Crippen LogP contribution in [0.4, 0.5) is 0 Å². The van der Waals surface area contributed by atoms with Crippen LogP contribution in [-0.2, 0) is 4.79 Å². The van der Waals surface area contributed by atoms with Crippen molar-refractivity contribution in [2.75, 3.05) is 19.7 Å². The van der Waals surface area contributed by atoms with Crippen molar-refractivity contribution >= 4 is 17.5 Å². The summed E-state index contributed by atoms with van der Waals surface area (Å²) < 4.78 is 5.29. The van der Waals surface area contributed by atoms with E-state index in [1.807, 2.05) is 0 Å². The van der Waals surface area contributed by atoms with Gasteiger partial charge < -0.3 is 19.8 Å². The van der Waals surface area contributed by atoms with E-state index in [4.69, 9.17) is 16.3 Å². The summed E-state index contributed by atoms with van der Waals surface area (Å²) in [6.45, 7) is 0.162. The van der Waals surface area contributed by atoms with Crippen LogP contribution in [0.5, 0.6) is 5.75 Å². The van der Waals surface area contributed by atoms with Gasteiger partial charge in [0, 0.05) is 18.1 Å². The highest BCUT2D eigenvalue weighted by molar-refractivity contribution is 6.30. The Morgan fingerprint density at radius 1 is 1.28 bits per heavy atom. The average Bonchev–Trinajstić information content (AvgIpc) is 2.69. The molecule has 0 aromatic heterocycles. The first-order chi connectivity index (χ1) is 8.56. The molecule has 1 aromatic rings. The Morgan fingerprint density at radius 2 is 1.83 bits per heavy atom. The number of benzene rings is 1. The first-order valence-electron chi connectivity index (χ1n) is 5.58. The van der Waals surface area contributed by atoms with E-state index in [2.05, 4.69) is 0 Å². The van der Waals surface area contributed by atoms with Crippen LogP contribution in [0.3, 0.4) is 0 Å². The van der Waals surface area contributed by atoms with Crippen LogP contribution in [0.15, 0.2) is 24.3 Å². The highest BCUT2D eigenvalue weighted by Crippen LogP contribution is 2.16. The fourth-order valence-electron chi connectivity index (χ4n) is 1.74. The second-order valence-electron chi connectivity index (χ2n) is 4.18. The van der Waals surface area contributed by atoms with E-state index in [0.717, 1.165) is 0 Å². The number of ether oxygens (including phenoxy) is 1. The number of carbonyl (C=O) groups excluding carboxylic acids is 1. The van der Waals surface area contributed by atoms with E-state index in [1.54, 1.807) is 24.3 Å². The lowest BCUT2D eigenvalue weighted by molar-refractivity contribution is -0.132. The number of halogens is 1. The van der Waals surface area contributed by atoms with E-state index in [-0.39, 0.29) is 25.6 Å². The van der Waals surface area contributed by atoms with E-state index in [1.165, 1.54) is 4.90 Å². The second-order valence-corrected chi connectivity index (χ2v) is 4.61. The van der Waals surface area contributed by atoms with Gasteiger partial charge in [-0.15, -0.1) is 0 Å². The third kappa shape index (κ3) is 3.13. The van der Waals surface area contributed by atoms with E-state index in [0.29, 0.717) is 10.8 Å². The lowest BCUT2D eigenvalue weighted by Crippen LogP contribution is -2.33. The van der Waals surface area contributed by atoms with Gasteiger partial charge >= 0.3 is 0 Å². The van der Waals surface area contributed by atoms with Crippen molar-refractivity contribution in [2.24, 2.45) is 0 Å². The molecule has 1 fully saturated rings. The van der Waals surface area contributed by atoms with Gasteiger partial charge in [-0.05, 0) is 24.3 Å². The largest absolute Gasteiger partial charge is 0.484 e. The lowest BCUT2D eigenvalue weighted by atomic mass is 10.3. The van der Waals surface area contributed by atoms with Gasteiger partial charge in [0.1, 0.15) is 5.75 Å². The van der Waals surface area contributed by atoms with Crippen LogP contribution in [0.25, 0.3) is 0 Å². The maximum atomic E-state index is 11.7. The predicted molar refractivity (Wildman–Crippen MR) is 65.5 cm³/mol. The number of hydrogen-bond donors (Lipinski definition) is 2. The number of nitrogens with zero attached hydrogens (tertiary/aromatic N) is 1. The Bertz CT molecular complexity index is 413. The van der Waals surface area contributed by atoms with Crippen LogP contribution in [0, 0.1) is 0 Å². The minimum absolute atomic E-state index is 0.124. The third-order valence-electron chi connectivity index (χ3n) is 2.79. The molecule has 1 heterocycles. The first kappa shape index (κ1) is 13.1. The Hall–Kier alpha value is -1.30. The maximum Gasteiger partial charge on any atom is 0.260 e. The topological polar surface area (TPSA) is 70.0 Å². The molecule has 0 unspecified atom stereocenters. The fraction of sp³-hybridized carbons (Fsp3) is 0.417. The maximum absolute atomic E-state index is 11.7. The molecule has 0 spiro atoms. The molecular formula is C12H14ClNO4. The second kappa shape index (κ2) is 5.56. The monoisotopic (exact) mass is 271 g/mol. The van der Waals surface area contributed by atoms with E-state index < -0.39 is 12.2 Å². The standard InChI is InChI=1S/C12H14ClNO4/c13-8-1-3-9(4-2-8)18-7-12(17)14-5-10(15)11(16)6-14/h1-4,10-11,15-16H,5-7H2/t10-,11+. The van der Waals surface area contributed by atoms with Gasteiger partial charge in [0.25, 0.3) is 5.91 Å². The number of carbonyl (C=O) groups is 1. The highest BCUT2D eigenvalue weighted by Gasteiger charge is 2.32. The molecule has 5 nitrogen and oxygen atoms in total. The number of hydrogen-bond acceptors (Lipinski definition) is 4. The molecule has 1 aliphatic rings. The summed E-state index contributed by atoms with van der Waals surface area (Å²) in [5, 5.41) is 19.3. The van der Waals surface area contributed by atoms with Crippen molar-refractivity contribution in [1.82, 2.24) is 4.90 Å². The van der Waals surface area contributed by atoms with Gasteiger partial charge in [-0.25, -0.2) is 0 Å². The molecule has 0 radical (unpaired) electrons. The summed E-state index contributed by atoms with van der Waals surface area (Å²) >= 11 is 5.72. The van der Waals surface area contributed by atoms with Crippen LogP contribution >= 0.6 is 11.6 Å².